The Bertz CT molecular complexity index is 306. The lowest BCUT2D eigenvalue weighted by Gasteiger charge is -2.05. The number of hydrogen-bond donors (Lipinski definition) is 0. The molecule has 0 aliphatic rings. The van der Waals surface area contributed by atoms with Crippen molar-refractivity contribution in [3.63, 3.8) is 0 Å². The van der Waals surface area contributed by atoms with Gasteiger partial charge in [0.05, 0.1) is 0 Å². The van der Waals surface area contributed by atoms with E-state index in [9.17, 15) is 18.0 Å². The van der Waals surface area contributed by atoms with Crippen LogP contribution in [0.4, 0.5) is 13.2 Å². The Morgan fingerprint density at radius 2 is 2.17 bits per heavy atom. The van der Waals surface area contributed by atoms with E-state index in [4.69, 9.17) is 0 Å². The van der Waals surface area contributed by atoms with E-state index >= 15 is 0 Å². The standard InChI is InChI=1S/C5H2BrF3N2O/c6-4-1-3(2-12)11(10-4)5(7,8)9/h1-2H. The van der Waals surface area contributed by atoms with Crippen LogP contribution in [-0.2, 0) is 6.30 Å². The number of nitrogens with zero attached hydrogens (tertiary/aromatic N) is 2. The fraction of sp³-hybridized carbons (Fsp3) is 0.200. The van der Waals surface area contributed by atoms with Gasteiger partial charge in [-0.25, -0.2) is 0 Å². The Kier molecular flexibility index (Phi) is 2.22. The van der Waals surface area contributed by atoms with Crippen molar-refractivity contribution in [3.8, 4) is 0 Å². The Morgan fingerprint density at radius 1 is 1.58 bits per heavy atom. The highest BCUT2D eigenvalue weighted by atomic mass is 79.9. The summed E-state index contributed by atoms with van der Waals surface area (Å²) in [6.45, 7) is 0. The molecule has 3 nitrogen and oxygen atoms in total. The summed E-state index contributed by atoms with van der Waals surface area (Å²) in [6.07, 6.45) is -4.56. The average molecular weight is 243 g/mol. The summed E-state index contributed by atoms with van der Waals surface area (Å²) >= 11 is 2.73. The van der Waals surface area contributed by atoms with Crippen molar-refractivity contribution >= 4 is 22.2 Å². The molecule has 0 aromatic carbocycles. The minimum Gasteiger partial charge on any atom is -0.296 e. The first-order valence-corrected chi connectivity index (χ1v) is 3.52. The van der Waals surface area contributed by atoms with Gasteiger partial charge >= 0.3 is 6.30 Å². The average Bonchev–Trinajstić information content (AvgIpc) is 2.29. The number of rotatable bonds is 1. The van der Waals surface area contributed by atoms with Crippen LogP contribution in [0.1, 0.15) is 10.5 Å². The molecule has 0 N–H and O–H groups in total. The van der Waals surface area contributed by atoms with Gasteiger partial charge in [-0.1, -0.05) is 0 Å². The minimum atomic E-state index is -4.65. The van der Waals surface area contributed by atoms with E-state index in [1.807, 2.05) is 0 Å². The number of carbonyl (C=O) groups excluding carboxylic acids is 1. The van der Waals surface area contributed by atoms with Crippen LogP contribution < -0.4 is 0 Å². The van der Waals surface area contributed by atoms with Crippen molar-refractivity contribution in [1.29, 1.82) is 0 Å². The van der Waals surface area contributed by atoms with Gasteiger partial charge in [0.15, 0.2) is 6.29 Å². The fourth-order valence-electron chi connectivity index (χ4n) is 0.652. The van der Waals surface area contributed by atoms with Gasteiger partial charge in [-0.3, -0.25) is 4.79 Å². The van der Waals surface area contributed by atoms with Crippen LogP contribution in [-0.4, -0.2) is 16.1 Å². The van der Waals surface area contributed by atoms with Crippen molar-refractivity contribution in [3.05, 3.63) is 16.4 Å². The summed E-state index contributed by atoms with van der Waals surface area (Å²) in [5.41, 5.74) is -0.533. The molecule has 0 aliphatic carbocycles. The van der Waals surface area contributed by atoms with Gasteiger partial charge < -0.3 is 0 Å². The first-order chi connectivity index (χ1) is 5.45. The van der Waals surface area contributed by atoms with Crippen molar-refractivity contribution in [2.24, 2.45) is 0 Å². The molecular formula is C5H2BrF3N2O. The van der Waals surface area contributed by atoms with E-state index in [0.717, 1.165) is 6.07 Å². The molecule has 1 rings (SSSR count). The third-order valence-corrected chi connectivity index (χ3v) is 1.46. The second kappa shape index (κ2) is 2.89. The summed E-state index contributed by atoms with van der Waals surface area (Å²) in [4.78, 5) is 10.1. The molecular weight excluding hydrogens is 241 g/mol. The van der Waals surface area contributed by atoms with E-state index in [2.05, 4.69) is 21.0 Å². The zero-order chi connectivity index (χ0) is 9.35. The SMILES string of the molecule is O=Cc1cc(Br)nn1C(F)(F)F. The highest BCUT2D eigenvalue weighted by Crippen LogP contribution is 2.24. The fourth-order valence-corrected chi connectivity index (χ4v) is 1.05. The summed E-state index contributed by atoms with van der Waals surface area (Å²) in [5, 5.41) is 3.03. The number of aldehydes is 1. The summed E-state index contributed by atoms with van der Waals surface area (Å²) in [7, 11) is 0. The van der Waals surface area contributed by atoms with E-state index in [1.54, 1.807) is 0 Å². The molecule has 12 heavy (non-hydrogen) atoms. The molecule has 1 aromatic rings. The molecule has 0 spiro atoms. The number of carbonyl (C=O) groups is 1. The first-order valence-electron chi connectivity index (χ1n) is 2.73. The normalized spacial score (nSPS) is 11.7. The summed E-state index contributed by atoms with van der Waals surface area (Å²) in [5.74, 6) is 0. The van der Waals surface area contributed by atoms with Crippen LogP contribution in [0.15, 0.2) is 10.7 Å². The molecule has 0 aliphatic heterocycles. The topological polar surface area (TPSA) is 34.9 Å². The lowest BCUT2D eigenvalue weighted by Crippen LogP contribution is -2.20. The minimum absolute atomic E-state index is 0.0260. The lowest BCUT2D eigenvalue weighted by atomic mass is 10.5. The molecule has 1 aromatic heterocycles. The van der Waals surface area contributed by atoms with E-state index in [-0.39, 0.29) is 15.6 Å². The van der Waals surface area contributed by atoms with Crippen molar-refractivity contribution in [2.75, 3.05) is 0 Å². The van der Waals surface area contributed by atoms with Crippen LogP contribution in [0.5, 0.6) is 0 Å². The van der Waals surface area contributed by atoms with Crippen LogP contribution in [0.25, 0.3) is 0 Å². The Hall–Kier alpha value is -0.850. The van der Waals surface area contributed by atoms with Gasteiger partial charge in [-0.15, -0.1) is 13.2 Å². The molecule has 0 bridgehead atoms. The van der Waals surface area contributed by atoms with Gasteiger partial charge in [-0.2, -0.15) is 9.78 Å². The molecule has 0 atom stereocenters. The Balaban J connectivity index is 3.22. The highest BCUT2D eigenvalue weighted by Gasteiger charge is 2.34. The summed E-state index contributed by atoms with van der Waals surface area (Å²) < 4.78 is 35.6. The third kappa shape index (κ3) is 1.66. The van der Waals surface area contributed by atoms with Crippen LogP contribution >= 0.6 is 15.9 Å². The van der Waals surface area contributed by atoms with Crippen molar-refractivity contribution in [2.45, 2.75) is 6.30 Å². The highest BCUT2D eigenvalue weighted by molar-refractivity contribution is 9.10. The predicted molar refractivity (Wildman–Crippen MR) is 36.6 cm³/mol. The van der Waals surface area contributed by atoms with Crippen LogP contribution in [0, 0.1) is 0 Å². The molecule has 0 amide bonds. The molecule has 0 radical (unpaired) electrons. The van der Waals surface area contributed by atoms with Crippen molar-refractivity contribution in [1.82, 2.24) is 9.78 Å². The first kappa shape index (κ1) is 9.24. The van der Waals surface area contributed by atoms with Gasteiger partial charge in [-0.05, 0) is 15.9 Å². The quantitative estimate of drug-likeness (QED) is 0.706. The molecule has 66 valence electrons. The van der Waals surface area contributed by atoms with Gasteiger partial charge in [0.25, 0.3) is 0 Å². The lowest BCUT2D eigenvalue weighted by molar-refractivity contribution is -0.212. The molecule has 1 heterocycles. The molecule has 7 heteroatoms. The molecule has 0 unspecified atom stereocenters. The van der Waals surface area contributed by atoms with Gasteiger partial charge in [0, 0.05) is 6.07 Å². The Labute approximate surface area is 73.3 Å². The Morgan fingerprint density at radius 3 is 2.50 bits per heavy atom. The predicted octanol–water partition coefficient (Wildman–Crippen LogP) is 1.93. The second-order valence-corrected chi connectivity index (χ2v) is 2.70. The van der Waals surface area contributed by atoms with E-state index in [0.29, 0.717) is 0 Å². The smallest absolute Gasteiger partial charge is 0.296 e. The molecule has 0 fully saturated rings. The molecule has 0 saturated carbocycles. The van der Waals surface area contributed by atoms with Crippen LogP contribution in [0.2, 0.25) is 0 Å². The number of alkyl halides is 3. The van der Waals surface area contributed by atoms with E-state index < -0.39 is 12.0 Å². The monoisotopic (exact) mass is 242 g/mol. The van der Waals surface area contributed by atoms with E-state index in [1.165, 1.54) is 0 Å². The second-order valence-electron chi connectivity index (χ2n) is 1.89. The third-order valence-electron chi connectivity index (χ3n) is 1.07. The van der Waals surface area contributed by atoms with Crippen molar-refractivity contribution < 1.29 is 18.0 Å². The largest absolute Gasteiger partial charge is 0.505 e. The van der Waals surface area contributed by atoms with Crippen LogP contribution in [0.3, 0.4) is 0 Å². The van der Waals surface area contributed by atoms with Gasteiger partial charge in [0.1, 0.15) is 10.3 Å². The zero-order valence-electron chi connectivity index (χ0n) is 5.47. The van der Waals surface area contributed by atoms with Gasteiger partial charge in [0.2, 0.25) is 0 Å². The summed E-state index contributed by atoms with van der Waals surface area (Å²) in [6, 6.07) is 0.987. The maximum Gasteiger partial charge on any atom is 0.505 e. The number of hydrogen-bond acceptors (Lipinski definition) is 2. The molecule has 0 saturated heterocycles. The number of aromatic nitrogens is 2. The zero-order valence-corrected chi connectivity index (χ0v) is 7.06. The maximum atomic E-state index is 12.0. The maximum absolute atomic E-state index is 12.0. The number of halogens is 4.